The molecule has 0 aromatic rings. The van der Waals surface area contributed by atoms with E-state index in [1.54, 1.807) is 0 Å². The lowest BCUT2D eigenvalue weighted by molar-refractivity contribution is -0.885. The van der Waals surface area contributed by atoms with Crippen LogP contribution in [0, 0.1) is 5.21 Å². The molecule has 1 aliphatic rings. The van der Waals surface area contributed by atoms with Gasteiger partial charge in [-0.25, -0.2) is 0 Å². The van der Waals surface area contributed by atoms with Gasteiger partial charge in [-0.05, 0) is 13.8 Å². The molecule has 2 nitrogen and oxygen atoms in total. The average Bonchev–Trinajstić information content (AvgIpc) is 1.86. The maximum absolute atomic E-state index is 10.9. The molecule has 0 bridgehead atoms. The summed E-state index contributed by atoms with van der Waals surface area (Å²) in [6.07, 6.45) is 2.19. The highest BCUT2D eigenvalue weighted by atomic mass is 16.5. The molecule has 2 heteroatoms. The molecule has 48 valence electrons. The van der Waals surface area contributed by atoms with Gasteiger partial charge in [-0.1, -0.05) is 0 Å². The summed E-state index contributed by atoms with van der Waals surface area (Å²) in [6.45, 7) is 4.87. The molecule has 1 fully saturated rings. The van der Waals surface area contributed by atoms with E-state index in [1.807, 2.05) is 13.8 Å². The van der Waals surface area contributed by atoms with E-state index in [4.69, 9.17) is 0 Å². The molecular weight excluding hydrogens is 102 g/mol. The summed E-state index contributed by atoms with van der Waals surface area (Å²) < 4.78 is 0. The van der Waals surface area contributed by atoms with E-state index in [2.05, 4.69) is 0 Å². The van der Waals surface area contributed by atoms with Gasteiger partial charge in [0, 0.05) is 12.8 Å². The molecule has 1 saturated heterocycles. The predicted octanol–water partition coefficient (Wildman–Crippen LogP) is -0.0585. The zero-order valence-corrected chi connectivity index (χ0v) is 5.53. The summed E-state index contributed by atoms with van der Waals surface area (Å²) in [7, 11) is 0. The third kappa shape index (κ3) is 0.858. The topological polar surface area (TPSA) is 27.5 Å². The molecule has 0 spiro atoms. The van der Waals surface area contributed by atoms with E-state index in [0.29, 0.717) is 5.06 Å². The summed E-state index contributed by atoms with van der Waals surface area (Å²) in [5, 5.41) is 11.3. The van der Waals surface area contributed by atoms with Crippen molar-refractivity contribution in [1.82, 2.24) is 0 Å². The van der Waals surface area contributed by atoms with E-state index >= 15 is 0 Å². The van der Waals surface area contributed by atoms with Gasteiger partial charge in [0.05, 0.1) is 12.1 Å². The Balaban J connectivity index is 2.54. The van der Waals surface area contributed by atoms with Crippen LogP contribution in [0.4, 0.5) is 0 Å². The summed E-state index contributed by atoms with van der Waals surface area (Å²) in [5.41, 5.74) is 0.0139. The standard InChI is InChI=1S/C6H13NO/c1-6(2)4-3-5-7(6)8/h7H,3-5H2,1-2H3. The number of hydrogen-bond acceptors (Lipinski definition) is 1. The second-order valence-electron chi connectivity index (χ2n) is 3.16. The van der Waals surface area contributed by atoms with Crippen molar-refractivity contribution in [3.63, 3.8) is 0 Å². The Hall–Kier alpha value is -0.0800. The first-order valence-corrected chi connectivity index (χ1v) is 3.16. The molecule has 1 heterocycles. The fraction of sp³-hybridized carbons (Fsp3) is 1.00. The van der Waals surface area contributed by atoms with Crippen molar-refractivity contribution in [2.45, 2.75) is 32.2 Å². The number of quaternary nitrogens is 1. The molecule has 0 saturated carbocycles. The molecular formula is C6H13NO. The Morgan fingerprint density at radius 3 is 2.25 bits per heavy atom. The molecule has 1 aliphatic heterocycles. The van der Waals surface area contributed by atoms with Crippen molar-refractivity contribution in [1.29, 1.82) is 0 Å². The zero-order valence-electron chi connectivity index (χ0n) is 5.53. The van der Waals surface area contributed by atoms with Crippen LogP contribution in [0.3, 0.4) is 0 Å². The van der Waals surface area contributed by atoms with Gasteiger partial charge in [-0.2, -0.15) is 0 Å². The first-order valence-electron chi connectivity index (χ1n) is 3.16. The molecule has 1 atom stereocenters. The zero-order chi connectivity index (χ0) is 6.20. The highest BCUT2D eigenvalue weighted by molar-refractivity contribution is 4.71. The Morgan fingerprint density at radius 2 is 2.12 bits per heavy atom. The van der Waals surface area contributed by atoms with E-state index in [0.717, 1.165) is 19.4 Å². The second kappa shape index (κ2) is 1.71. The minimum absolute atomic E-state index is 0.0139. The van der Waals surface area contributed by atoms with Crippen LogP contribution >= 0.6 is 0 Å². The van der Waals surface area contributed by atoms with E-state index in [-0.39, 0.29) is 5.54 Å². The second-order valence-corrected chi connectivity index (χ2v) is 3.16. The fourth-order valence-electron chi connectivity index (χ4n) is 1.17. The van der Waals surface area contributed by atoms with E-state index < -0.39 is 0 Å². The molecule has 0 radical (unpaired) electrons. The molecule has 8 heavy (non-hydrogen) atoms. The Kier molecular flexibility index (Phi) is 1.29. The Labute approximate surface area is 50.1 Å². The largest absolute Gasteiger partial charge is 0.634 e. The van der Waals surface area contributed by atoms with Gasteiger partial charge in [0.25, 0.3) is 0 Å². The van der Waals surface area contributed by atoms with Crippen LogP contribution in [-0.2, 0) is 0 Å². The maximum atomic E-state index is 10.9. The first-order chi connectivity index (χ1) is 3.63. The molecule has 0 aromatic heterocycles. The van der Waals surface area contributed by atoms with Crippen LogP contribution in [0.1, 0.15) is 26.7 Å². The predicted molar refractivity (Wildman–Crippen MR) is 32.5 cm³/mol. The van der Waals surface area contributed by atoms with Crippen molar-refractivity contribution >= 4 is 0 Å². The Bertz CT molecular complexity index is 90.5. The fourth-order valence-corrected chi connectivity index (χ4v) is 1.17. The van der Waals surface area contributed by atoms with Crippen molar-refractivity contribution in [3.05, 3.63) is 5.21 Å². The maximum Gasteiger partial charge on any atom is 0.0919 e. The third-order valence-electron chi connectivity index (χ3n) is 1.96. The summed E-state index contributed by atoms with van der Waals surface area (Å²) in [6, 6.07) is 0. The van der Waals surface area contributed by atoms with E-state index in [1.165, 1.54) is 0 Å². The molecule has 0 amide bonds. The molecule has 1 N–H and O–H groups in total. The summed E-state index contributed by atoms with van der Waals surface area (Å²) in [5.74, 6) is 0. The highest BCUT2D eigenvalue weighted by Gasteiger charge is 2.30. The lowest BCUT2D eigenvalue weighted by atomic mass is 10.0. The van der Waals surface area contributed by atoms with Gasteiger partial charge in [0.1, 0.15) is 0 Å². The monoisotopic (exact) mass is 115 g/mol. The minimum atomic E-state index is 0.0139. The van der Waals surface area contributed by atoms with Crippen LogP contribution in [-0.4, -0.2) is 12.1 Å². The van der Waals surface area contributed by atoms with Crippen molar-refractivity contribution in [3.8, 4) is 0 Å². The van der Waals surface area contributed by atoms with Crippen molar-refractivity contribution < 1.29 is 5.06 Å². The van der Waals surface area contributed by atoms with Gasteiger partial charge < -0.3 is 10.3 Å². The van der Waals surface area contributed by atoms with Crippen LogP contribution in [0.2, 0.25) is 0 Å². The molecule has 0 aromatic carbocycles. The van der Waals surface area contributed by atoms with Gasteiger partial charge >= 0.3 is 0 Å². The van der Waals surface area contributed by atoms with Gasteiger partial charge in [0.15, 0.2) is 0 Å². The van der Waals surface area contributed by atoms with Crippen LogP contribution in [0.15, 0.2) is 0 Å². The highest BCUT2D eigenvalue weighted by Crippen LogP contribution is 2.10. The number of nitrogens with one attached hydrogen (secondary N) is 1. The van der Waals surface area contributed by atoms with Crippen molar-refractivity contribution in [2.75, 3.05) is 6.54 Å². The number of rotatable bonds is 0. The van der Waals surface area contributed by atoms with Gasteiger partial charge in [-0.15, -0.1) is 0 Å². The van der Waals surface area contributed by atoms with Crippen molar-refractivity contribution in [2.24, 2.45) is 0 Å². The molecule has 0 aliphatic carbocycles. The minimum Gasteiger partial charge on any atom is -0.634 e. The van der Waals surface area contributed by atoms with Gasteiger partial charge in [-0.3, -0.25) is 0 Å². The van der Waals surface area contributed by atoms with Crippen LogP contribution in [0.5, 0.6) is 0 Å². The molecule has 1 unspecified atom stereocenters. The summed E-state index contributed by atoms with van der Waals surface area (Å²) in [4.78, 5) is 0. The van der Waals surface area contributed by atoms with Crippen LogP contribution < -0.4 is 5.06 Å². The third-order valence-corrected chi connectivity index (χ3v) is 1.96. The average molecular weight is 115 g/mol. The lowest BCUT2D eigenvalue weighted by Crippen LogP contribution is -3.12. The van der Waals surface area contributed by atoms with Crippen LogP contribution in [0.25, 0.3) is 0 Å². The Morgan fingerprint density at radius 1 is 1.50 bits per heavy atom. The molecule has 1 rings (SSSR count). The quantitative estimate of drug-likeness (QED) is 0.440. The number of hydroxylamine groups is 2. The van der Waals surface area contributed by atoms with Gasteiger partial charge in [0.2, 0.25) is 0 Å². The SMILES string of the molecule is CC1(C)CCC[NH+]1[O-]. The number of hydrogen-bond donors (Lipinski definition) is 1. The lowest BCUT2D eigenvalue weighted by Gasteiger charge is -2.30. The van der Waals surface area contributed by atoms with E-state index in [9.17, 15) is 5.21 Å². The first kappa shape index (κ1) is 6.05. The summed E-state index contributed by atoms with van der Waals surface area (Å²) >= 11 is 0. The normalized spacial score (nSPS) is 35.6. The smallest absolute Gasteiger partial charge is 0.0919 e.